The smallest absolute Gasteiger partial charge is 0.0587 e. The summed E-state index contributed by atoms with van der Waals surface area (Å²) in [4.78, 5) is 2.68. The highest BCUT2D eigenvalue weighted by molar-refractivity contribution is 4.87. The number of hydrogen-bond acceptors (Lipinski definition) is 3. The molecule has 4 atom stereocenters. The highest BCUT2D eigenvalue weighted by Gasteiger charge is 2.32. The molecule has 0 aromatic heterocycles. The fraction of sp³-hybridized carbons (Fsp3) is 1.00. The Bertz CT molecular complexity index is 222. The fourth-order valence-corrected chi connectivity index (χ4v) is 3.21. The maximum atomic E-state index is 6.02. The Morgan fingerprint density at radius 1 is 1.31 bits per heavy atom. The van der Waals surface area contributed by atoms with Crippen LogP contribution in [0, 0.1) is 0 Å². The summed E-state index contributed by atoms with van der Waals surface area (Å²) in [6.45, 7) is 6.68. The Hall–Kier alpha value is -0.120. The largest absolute Gasteiger partial charge is 0.378 e. The molecule has 0 bridgehead atoms. The summed E-state index contributed by atoms with van der Waals surface area (Å²) in [6.07, 6.45) is 6.39. The molecular formula is C13H26N2O. The van der Waals surface area contributed by atoms with Crippen molar-refractivity contribution in [3.8, 4) is 0 Å². The minimum Gasteiger partial charge on any atom is -0.378 e. The zero-order valence-corrected chi connectivity index (χ0v) is 10.7. The van der Waals surface area contributed by atoms with Gasteiger partial charge < -0.3 is 10.5 Å². The molecule has 3 heteroatoms. The first-order valence-corrected chi connectivity index (χ1v) is 6.83. The van der Waals surface area contributed by atoms with Crippen LogP contribution in [0.1, 0.15) is 46.0 Å². The number of piperidine rings is 1. The third-order valence-corrected chi connectivity index (χ3v) is 4.23. The van der Waals surface area contributed by atoms with Gasteiger partial charge in [-0.05, 0) is 39.0 Å². The number of rotatable bonds is 2. The SMILES string of the molecule is CCC1CC(N2CCC(N)CC2C)CCO1. The van der Waals surface area contributed by atoms with E-state index in [0.29, 0.717) is 18.2 Å². The minimum atomic E-state index is 0.424. The fourth-order valence-electron chi connectivity index (χ4n) is 3.21. The van der Waals surface area contributed by atoms with Crippen LogP contribution in [0.4, 0.5) is 0 Å². The van der Waals surface area contributed by atoms with E-state index in [1.165, 1.54) is 25.8 Å². The van der Waals surface area contributed by atoms with Crippen LogP contribution in [0.2, 0.25) is 0 Å². The standard InChI is InChI=1S/C13H26N2O/c1-3-13-9-12(5-7-16-13)15-6-4-11(14)8-10(15)2/h10-13H,3-9,14H2,1-2H3. The van der Waals surface area contributed by atoms with Crippen molar-refractivity contribution in [3.05, 3.63) is 0 Å². The molecule has 0 aromatic rings. The minimum absolute atomic E-state index is 0.424. The molecule has 0 spiro atoms. The van der Waals surface area contributed by atoms with Crippen molar-refractivity contribution in [2.75, 3.05) is 13.2 Å². The summed E-state index contributed by atoms with van der Waals surface area (Å²) < 4.78 is 5.75. The first-order valence-electron chi connectivity index (χ1n) is 6.83. The molecule has 16 heavy (non-hydrogen) atoms. The van der Waals surface area contributed by atoms with Crippen molar-refractivity contribution in [1.82, 2.24) is 4.90 Å². The molecule has 2 aliphatic heterocycles. The van der Waals surface area contributed by atoms with Gasteiger partial charge in [0.2, 0.25) is 0 Å². The van der Waals surface area contributed by atoms with Crippen molar-refractivity contribution in [2.24, 2.45) is 5.73 Å². The first-order chi connectivity index (χ1) is 7.70. The summed E-state index contributed by atoms with van der Waals surface area (Å²) in [6, 6.07) is 1.82. The Kier molecular flexibility index (Phi) is 4.22. The van der Waals surface area contributed by atoms with E-state index in [0.717, 1.165) is 25.5 Å². The van der Waals surface area contributed by atoms with Gasteiger partial charge in [0.1, 0.15) is 0 Å². The zero-order chi connectivity index (χ0) is 11.5. The van der Waals surface area contributed by atoms with E-state index in [4.69, 9.17) is 10.5 Å². The molecule has 3 nitrogen and oxygen atoms in total. The van der Waals surface area contributed by atoms with E-state index in [9.17, 15) is 0 Å². The molecule has 4 unspecified atom stereocenters. The lowest BCUT2D eigenvalue weighted by Gasteiger charge is -2.44. The molecule has 2 heterocycles. The molecule has 0 radical (unpaired) electrons. The van der Waals surface area contributed by atoms with E-state index in [-0.39, 0.29) is 0 Å². The third-order valence-electron chi connectivity index (χ3n) is 4.23. The summed E-state index contributed by atoms with van der Waals surface area (Å²) in [5.41, 5.74) is 6.02. The second kappa shape index (κ2) is 5.48. The summed E-state index contributed by atoms with van der Waals surface area (Å²) >= 11 is 0. The second-order valence-corrected chi connectivity index (χ2v) is 5.45. The normalized spacial score (nSPS) is 42.2. The Morgan fingerprint density at radius 2 is 2.12 bits per heavy atom. The molecule has 2 aliphatic rings. The topological polar surface area (TPSA) is 38.5 Å². The van der Waals surface area contributed by atoms with E-state index >= 15 is 0 Å². The molecule has 0 aliphatic carbocycles. The van der Waals surface area contributed by atoms with Crippen LogP contribution in [0.25, 0.3) is 0 Å². The van der Waals surface area contributed by atoms with Crippen LogP contribution in [-0.2, 0) is 4.74 Å². The van der Waals surface area contributed by atoms with Gasteiger partial charge in [0.15, 0.2) is 0 Å². The van der Waals surface area contributed by atoms with Crippen LogP contribution in [0.5, 0.6) is 0 Å². The number of nitrogens with two attached hydrogens (primary N) is 1. The van der Waals surface area contributed by atoms with Crippen LogP contribution >= 0.6 is 0 Å². The predicted molar refractivity (Wildman–Crippen MR) is 66.4 cm³/mol. The molecule has 2 saturated heterocycles. The predicted octanol–water partition coefficient (Wildman–Crippen LogP) is 1.76. The summed E-state index contributed by atoms with van der Waals surface area (Å²) in [5, 5.41) is 0. The summed E-state index contributed by atoms with van der Waals surface area (Å²) in [7, 11) is 0. The van der Waals surface area contributed by atoms with Crippen LogP contribution in [-0.4, -0.2) is 42.3 Å². The molecule has 2 rings (SSSR count). The Labute approximate surface area is 99.3 Å². The maximum Gasteiger partial charge on any atom is 0.0587 e. The van der Waals surface area contributed by atoms with Crippen molar-refractivity contribution in [3.63, 3.8) is 0 Å². The van der Waals surface area contributed by atoms with Crippen molar-refractivity contribution in [2.45, 2.75) is 70.2 Å². The number of ether oxygens (including phenoxy) is 1. The van der Waals surface area contributed by atoms with Gasteiger partial charge >= 0.3 is 0 Å². The Balaban J connectivity index is 1.90. The van der Waals surface area contributed by atoms with Crippen LogP contribution in [0.15, 0.2) is 0 Å². The van der Waals surface area contributed by atoms with Gasteiger partial charge in [-0.25, -0.2) is 0 Å². The number of likely N-dealkylation sites (tertiary alicyclic amines) is 1. The van der Waals surface area contributed by atoms with Gasteiger partial charge in [-0.15, -0.1) is 0 Å². The van der Waals surface area contributed by atoms with Crippen molar-refractivity contribution >= 4 is 0 Å². The van der Waals surface area contributed by atoms with Gasteiger partial charge in [0, 0.05) is 31.3 Å². The van der Waals surface area contributed by atoms with Gasteiger partial charge in [-0.2, -0.15) is 0 Å². The van der Waals surface area contributed by atoms with Crippen molar-refractivity contribution < 1.29 is 4.74 Å². The van der Waals surface area contributed by atoms with Gasteiger partial charge in [-0.3, -0.25) is 4.90 Å². The number of nitrogens with zero attached hydrogens (tertiary/aromatic N) is 1. The molecular weight excluding hydrogens is 200 g/mol. The van der Waals surface area contributed by atoms with E-state index in [2.05, 4.69) is 18.7 Å². The number of hydrogen-bond donors (Lipinski definition) is 1. The molecule has 0 aromatic carbocycles. The van der Waals surface area contributed by atoms with E-state index < -0.39 is 0 Å². The third kappa shape index (κ3) is 2.76. The highest BCUT2D eigenvalue weighted by atomic mass is 16.5. The molecule has 0 amide bonds. The quantitative estimate of drug-likeness (QED) is 0.779. The average molecular weight is 226 g/mol. The Morgan fingerprint density at radius 3 is 2.81 bits per heavy atom. The van der Waals surface area contributed by atoms with Gasteiger partial charge in [-0.1, -0.05) is 6.92 Å². The molecule has 0 saturated carbocycles. The van der Waals surface area contributed by atoms with E-state index in [1.54, 1.807) is 0 Å². The maximum absolute atomic E-state index is 6.02. The van der Waals surface area contributed by atoms with Gasteiger partial charge in [0.05, 0.1) is 6.10 Å². The molecule has 94 valence electrons. The van der Waals surface area contributed by atoms with Crippen molar-refractivity contribution in [1.29, 1.82) is 0 Å². The first kappa shape index (κ1) is 12.3. The van der Waals surface area contributed by atoms with E-state index in [1.807, 2.05) is 0 Å². The average Bonchev–Trinajstić information content (AvgIpc) is 2.29. The van der Waals surface area contributed by atoms with Crippen LogP contribution < -0.4 is 5.73 Å². The second-order valence-electron chi connectivity index (χ2n) is 5.45. The lowest BCUT2D eigenvalue weighted by molar-refractivity contribution is -0.0433. The summed E-state index contributed by atoms with van der Waals surface area (Å²) in [5.74, 6) is 0. The van der Waals surface area contributed by atoms with Gasteiger partial charge in [0.25, 0.3) is 0 Å². The monoisotopic (exact) mass is 226 g/mol. The molecule has 2 N–H and O–H groups in total. The lowest BCUT2D eigenvalue weighted by atomic mass is 9.92. The lowest BCUT2D eigenvalue weighted by Crippen LogP contribution is -2.52. The highest BCUT2D eigenvalue weighted by Crippen LogP contribution is 2.26. The molecule has 2 fully saturated rings. The van der Waals surface area contributed by atoms with Crippen LogP contribution in [0.3, 0.4) is 0 Å². The zero-order valence-electron chi connectivity index (χ0n) is 10.7.